The highest BCUT2D eigenvalue weighted by Crippen LogP contribution is 2.33. The number of nitrogens with zero attached hydrogens (tertiary/aromatic N) is 2. The first kappa shape index (κ1) is 21.0. The zero-order valence-electron chi connectivity index (χ0n) is 15.9. The topological polar surface area (TPSA) is 42.9 Å². The molecule has 0 amide bonds. The van der Waals surface area contributed by atoms with E-state index in [2.05, 4.69) is 48.3 Å². The fourth-order valence-electron chi connectivity index (χ4n) is 2.50. The van der Waals surface area contributed by atoms with E-state index in [-0.39, 0.29) is 16.9 Å². The fourth-order valence-corrected chi connectivity index (χ4v) is 5.70. The molecule has 1 heterocycles. The van der Waals surface area contributed by atoms with E-state index in [9.17, 15) is 9.18 Å². The average Bonchev–Trinajstić information content (AvgIpc) is 3.14. The summed E-state index contributed by atoms with van der Waals surface area (Å²) in [5, 5.41) is 8.11. The van der Waals surface area contributed by atoms with Crippen LogP contribution >= 0.6 is 34.9 Å². The second kappa shape index (κ2) is 9.67. The molecule has 0 aliphatic carbocycles. The molecule has 0 bridgehead atoms. The summed E-state index contributed by atoms with van der Waals surface area (Å²) in [4.78, 5) is 12.5. The van der Waals surface area contributed by atoms with Gasteiger partial charge in [0.25, 0.3) is 0 Å². The molecule has 28 heavy (non-hydrogen) atoms. The van der Waals surface area contributed by atoms with Crippen LogP contribution in [0, 0.1) is 5.82 Å². The molecule has 1 atom stereocenters. The van der Waals surface area contributed by atoms with Crippen LogP contribution in [0.1, 0.15) is 48.2 Å². The minimum atomic E-state index is -0.346. The molecule has 0 spiro atoms. The summed E-state index contributed by atoms with van der Waals surface area (Å²) in [7, 11) is 0. The maximum Gasteiger partial charge on any atom is 0.175 e. The van der Waals surface area contributed by atoms with E-state index >= 15 is 0 Å². The monoisotopic (exact) mass is 432 g/mol. The first-order valence-electron chi connectivity index (χ1n) is 8.94. The van der Waals surface area contributed by atoms with Crippen molar-refractivity contribution in [3.8, 4) is 0 Å². The Bertz CT molecular complexity index is 924. The minimum Gasteiger partial charge on any atom is -0.293 e. The molecule has 7 heteroatoms. The smallest absolute Gasteiger partial charge is 0.175 e. The molecular formula is C21H21FN2OS3. The molecule has 3 rings (SSSR count). The first-order valence-corrected chi connectivity index (χ1v) is 11.6. The van der Waals surface area contributed by atoms with Gasteiger partial charge in [0.2, 0.25) is 0 Å². The summed E-state index contributed by atoms with van der Waals surface area (Å²) < 4.78 is 14.7. The number of hydrogen-bond acceptors (Lipinski definition) is 6. The number of aromatic nitrogens is 2. The van der Waals surface area contributed by atoms with Crippen LogP contribution in [0.2, 0.25) is 0 Å². The van der Waals surface area contributed by atoms with Crippen LogP contribution in [0.4, 0.5) is 4.39 Å². The van der Waals surface area contributed by atoms with Crippen molar-refractivity contribution in [3.63, 3.8) is 0 Å². The van der Waals surface area contributed by atoms with E-state index in [0.717, 1.165) is 14.4 Å². The van der Waals surface area contributed by atoms with E-state index in [0.29, 0.717) is 11.5 Å². The van der Waals surface area contributed by atoms with Crippen LogP contribution in [0.3, 0.4) is 0 Å². The molecular weight excluding hydrogens is 411 g/mol. The standard InChI is InChI=1S/C21H21FN2OS3/c1-13(2)16-6-4-15(5-7-16)12-26-20-23-24-21(28-20)27-14(3)19(25)17-8-10-18(22)11-9-17/h4-11,13-14H,12H2,1-3H3. The van der Waals surface area contributed by atoms with Gasteiger partial charge in [-0.1, -0.05) is 73.0 Å². The Labute approximate surface area is 177 Å². The van der Waals surface area contributed by atoms with E-state index in [4.69, 9.17) is 0 Å². The molecule has 2 aromatic carbocycles. The van der Waals surface area contributed by atoms with Crippen LogP contribution < -0.4 is 0 Å². The lowest BCUT2D eigenvalue weighted by molar-refractivity contribution is 0.0994. The molecule has 0 radical (unpaired) electrons. The van der Waals surface area contributed by atoms with Crippen LogP contribution in [0.25, 0.3) is 0 Å². The lowest BCUT2D eigenvalue weighted by atomic mass is 10.0. The summed E-state index contributed by atoms with van der Waals surface area (Å²) in [5.41, 5.74) is 3.09. The quantitative estimate of drug-likeness (QED) is 0.302. The molecule has 0 aliphatic heterocycles. The van der Waals surface area contributed by atoms with Gasteiger partial charge in [-0.2, -0.15) is 0 Å². The molecule has 0 saturated heterocycles. The molecule has 0 saturated carbocycles. The lowest BCUT2D eigenvalue weighted by Gasteiger charge is -2.07. The van der Waals surface area contributed by atoms with E-state index < -0.39 is 0 Å². The molecule has 3 nitrogen and oxygen atoms in total. The summed E-state index contributed by atoms with van der Waals surface area (Å²) in [5.74, 6) is 0.979. The van der Waals surface area contributed by atoms with Crippen molar-refractivity contribution < 1.29 is 9.18 Å². The highest BCUT2D eigenvalue weighted by atomic mass is 32.2. The van der Waals surface area contributed by atoms with Crippen molar-refractivity contribution in [3.05, 3.63) is 71.0 Å². The van der Waals surface area contributed by atoms with Gasteiger partial charge in [0.1, 0.15) is 5.82 Å². The summed E-state index contributed by atoms with van der Waals surface area (Å²) in [6, 6.07) is 14.3. The van der Waals surface area contributed by atoms with Crippen molar-refractivity contribution in [2.75, 3.05) is 0 Å². The molecule has 0 aliphatic rings. The molecule has 1 unspecified atom stereocenters. The van der Waals surface area contributed by atoms with Crippen molar-refractivity contribution in [1.29, 1.82) is 0 Å². The zero-order chi connectivity index (χ0) is 20.1. The van der Waals surface area contributed by atoms with Gasteiger partial charge in [-0.15, -0.1) is 10.2 Å². The summed E-state index contributed by atoms with van der Waals surface area (Å²) in [6.45, 7) is 6.21. The van der Waals surface area contributed by atoms with Gasteiger partial charge in [0, 0.05) is 11.3 Å². The molecule has 0 N–H and O–H groups in total. The number of rotatable bonds is 8. The van der Waals surface area contributed by atoms with Gasteiger partial charge in [0.05, 0.1) is 5.25 Å². The van der Waals surface area contributed by atoms with Crippen molar-refractivity contribution in [2.45, 2.75) is 46.4 Å². The maximum atomic E-state index is 13.0. The summed E-state index contributed by atoms with van der Waals surface area (Å²) >= 11 is 4.53. The number of carbonyl (C=O) groups is 1. The molecule has 3 aromatic rings. The largest absolute Gasteiger partial charge is 0.293 e. The Hall–Kier alpha value is -1.70. The number of hydrogen-bond donors (Lipinski definition) is 0. The number of benzene rings is 2. The van der Waals surface area contributed by atoms with E-state index in [1.54, 1.807) is 11.8 Å². The number of halogens is 1. The van der Waals surface area contributed by atoms with Crippen molar-refractivity contribution >= 4 is 40.6 Å². The second-order valence-corrected chi connectivity index (χ2v) is 10.4. The number of Topliss-reactive ketones (excluding diaryl/α,β-unsaturated/α-hetero) is 1. The second-order valence-electron chi connectivity index (χ2n) is 6.65. The first-order chi connectivity index (χ1) is 13.4. The van der Waals surface area contributed by atoms with E-state index in [1.807, 2.05) is 6.92 Å². The Morgan fingerprint density at radius 3 is 2.29 bits per heavy atom. The van der Waals surface area contributed by atoms with Crippen LogP contribution in [0.15, 0.2) is 57.2 Å². The molecule has 1 aromatic heterocycles. The summed E-state index contributed by atoms with van der Waals surface area (Å²) in [6.07, 6.45) is 0. The van der Waals surface area contributed by atoms with Crippen molar-refractivity contribution in [1.82, 2.24) is 10.2 Å². The minimum absolute atomic E-state index is 0.0420. The van der Waals surface area contributed by atoms with Gasteiger partial charge in [-0.05, 0) is 48.2 Å². The predicted octanol–water partition coefficient (Wildman–Crippen LogP) is 6.46. The zero-order valence-corrected chi connectivity index (χ0v) is 18.3. The number of thioether (sulfide) groups is 2. The predicted molar refractivity (Wildman–Crippen MR) is 116 cm³/mol. The van der Waals surface area contributed by atoms with Crippen LogP contribution in [0.5, 0.6) is 0 Å². The Kier molecular flexibility index (Phi) is 7.26. The third-order valence-electron chi connectivity index (χ3n) is 4.17. The molecule has 146 valence electrons. The van der Waals surface area contributed by atoms with Gasteiger partial charge in [0.15, 0.2) is 14.5 Å². The third-order valence-corrected chi connectivity index (χ3v) is 7.48. The number of ketones is 1. The third kappa shape index (κ3) is 5.65. The number of carbonyl (C=O) groups excluding carboxylic acids is 1. The van der Waals surface area contributed by atoms with E-state index in [1.165, 1.54) is 58.5 Å². The van der Waals surface area contributed by atoms with Crippen molar-refractivity contribution in [2.24, 2.45) is 0 Å². The average molecular weight is 433 g/mol. The van der Waals surface area contributed by atoms with Crippen LogP contribution in [-0.4, -0.2) is 21.2 Å². The van der Waals surface area contributed by atoms with Gasteiger partial charge in [-0.3, -0.25) is 4.79 Å². The normalized spacial score (nSPS) is 12.3. The maximum absolute atomic E-state index is 13.0. The molecule has 0 fully saturated rings. The van der Waals surface area contributed by atoms with Gasteiger partial charge in [-0.25, -0.2) is 4.39 Å². The highest BCUT2D eigenvalue weighted by Gasteiger charge is 2.19. The van der Waals surface area contributed by atoms with Gasteiger partial charge < -0.3 is 0 Å². The van der Waals surface area contributed by atoms with Gasteiger partial charge >= 0.3 is 0 Å². The van der Waals surface area contributed by atoms with Crippen LogP contribution in [-0.2, 0) is 5.75 Å². The Balaban J connectivity index is 1.54. The fraction of sp³-hybridized carbons (Fsp3) is 0.286. The Morgan fingerprint density at radius 2 is 1.64 bits per heavy atom. The SMILES string of the molecule is CC(Sc1nnc(SCc2ccc(C(C)C)cc2)s1)C(=O)c1ccc(F)cc1. The highest BCUT2D eigenvalue weighted by molar-refractivity contribution is 8.03. The lowest BCUT2D eigenvalue weighted by Crippen LogP contribution is -2.13. The Morgan fingerprint density at radius 1 is 1.00 bits per heavy atom.